The molecule has 0 spiro atoms. The van der Waals surface area contributed by atoms with Gasteiger partial charge in [0.1, 0.15) is 12.6 Å². The average Bonchev–Trinajstić information content (AvgIpc) is 2.65. The standard InChI is InChI=1S/C8H10N2O4/c11-6(12)4-10-7(13)5-2-1-3-9(5)8(10)14/h5H,1-4H2,(H,11,12). The molecular formula is C8H10N2O4. The molecule has 0 bridgehead atoms. The molecule has 14 heavy (non-hydrogen) atoms. The van der Waals surface area contributed by atoms with Crippen molar-refractivity contribution in [3.05, 3.63) is 0 Å². The molecule has 0 saturated carbocycles. The highest BCUT2D eigenvalue weighted by Gasteiger charge is 2.47. The molecule has 2 saturated heterocycles. The third kappa shape index (κ3) is 1.14. The lowest BCUT2D eigenvalue weighted by Crippen LogP contribution is -2.37. The third-order valence-corrected chi connectivity index (χ3v) is 2.57. The van der Waals surface area contributed by atoms with Crippen LogP contribution in [-0.4, -0.2) is 51.9 Å². The summed E-state index contributed by atoms with van der Waals surface area (Å²) in [7, 11) is 0. The SMILES string of the molecule is O=C(O)CN1C(=O)C2CCCN2C1=O. The molecule has 0 radical (unpaired) electrons. The fraction of sp³-hybridized carbons (Fsp3) is 0.625. The van der Waals surface area contributed by atoms with Crippen molar-refractivity contribution >= 4 is 17.9 Å². The lowest BCUT2D eigenvalue weighted by Gasteiger charge is -2.12. The highest BCUT2D eigenvalue weighted by atomic mass is 16.4. The topological polar surface area (TPSA) is 77.9 Å². The van der Waals surface area contributed by atoms with Crippen molar-refractivity contribution in [1.82, 2.24) is 9.80 Å². The molecule has 2 fully saturated rings. The summed E-state index contributed by atoms with van der Waals surface area (Å²) in [4.78, 5) is 35.7. The van der Waals surface area contributed by atoms with Gasteiger partial charge in [-0.2, -0.15) is 0 Å². The predicted molar refractivity (Wildman–Crippen MR) is 44.5 cm³/mol. The van der Waals surface area contributed by atoms with Crippen LogP contribution in [0.15, 0.2) is 0 Å². The number of hydrogen-bond donors (Lipinski definition) is 1. The van der Waals surface area contributed by atoms with Crippen LogP contribution < -0.4 is 0 Å². The van der Waals surface area contributed by atoms with Crippen molar-refractivity contribution in [2.75, 3.05) is 13.1 Å². The molecule has 1 N–H and O–H groups in total. The minimum absolute atomic E-state index is 0.366. The van der Waals surface area contributed by atoms with Crippen LogP contribution >= 0.6 is 0 Å². The maximum atomic E-state index is 11.5. The smallest absolute Gasteiger partial charge is 0.327 e. The summed E-state index contributed by atoms with van der Waals surface area (Å²) in [5.41, 5.74) is 0. The van der Waals surface area contributed by atoms with E-state index in [4.69, 9.17) is 5.11 Å². The van der Waals surface area contributed by atoms with Gasteiger partial charge in [-0.15, -0.1) is 0 Å². The molecule has 6 nitrogen and oxygen atoms in total. The molecule has 3 amide bonds. The van der Waals surface area contributed by atoms with Gasteiger partial charge in [-0.1, -0.05) is 0 Å². The fourth-order valence-electron chi connectivity index (χ4n) is 1.96. The summed E-state index contributed by atoms with van der Waals surface area (Å²) in [6.45, 7) is 0.0377. The Bertz CT molecular complexity index is 292. The number of amides is 3. The number of fused-ring (bicyclic) bond motifs is 1. The summed E-state index contributed by atoms with van der Waals surface area (Å²) >= 11 is 0. The second kappa shape index (κ2) is 2.97. The molecule has 6 heteroatoms. The first-order valence-electron chi connectivity index (χ1n) is 4.45. The average molecular weight is 198 g/mol. The van der Waals surface area contributed by atoms with Crippen molar-refractivity contribution in [2.45, 2.75) is 18.9 Å². The van der Waals surface area contributed by atoms with Gasteiger partial charge < -0.3 is 10.0 Å². The summed E-state index contributed by atoms with van der Waals surface area (Å²) in [6.07, 6.45) is 1.48. The van der Waals surface area contributed by atoms with Crippen LogP contribution in [0.5, 0.6) is 0 Å². The Balaban J connectivity index is 2.17. The number of carboxylic acids is 1. The second-order valence-corrected chi connectivity index (χ2v) is 3.45. The molecule has 0 aromatic heterocycles. The van der Waals surface area contributed by atoms with E-state index >= 15 is 0 Å². The van der Waals surface area contributed by atoms with E-state index in [1.807, 2.05) is 0 Å². The lowest BCUT2D eigenvalue weighted by atomic mass is 10.2. The third-order valence-electron chi connectivity index (χ3n) is 2.57. The van der Waals surface area contributed by atoms with Crippen molar-refractivity contribution in [2.24, 2.45) is 0 Å². The Morgan fingerprint density at radius 2 is 2.21 bits per heavy atom. The molecule has 2 heterocycles. The Morgan fingerprint density at radius 3 is 2.79 bits per heavy atom. The van der Waals surface area contributed by atoms with E-state index in [-0.39, 0.29) is 5.91 Å². The number of imide groups is 1. The number of carbonyl (C=O) groups is 3. The van der Waals surface area contributed by atoms with E-state index in [9.17, 15) is 14.4 Å². The van der Waals surface area contributed by atoms with Crippen molar-refractivity contribution in [3.8, 4) is 0 Å². The van der Waals surface area contributed by atoms with E-state index < -0.39 is 24.6 Å². The normalized spacial score (nSPS) is 25.9. The number of carbonyl (C=O) groups excluding carboxylic acids is 2. The molecular weight excluding hydrogens is 188 g/mol. The molecule has 0 aliphatic carbocycles. The van der Waals surface area contributed by atoms with Crippen molar-refractivity contribution in [3.63, 3.8) is 0 Å². The zero-order valence-electron chi connectivity index (χ0n) is 7.47. The molecule has 2 aliphatic rings. The molecule has 2 aliphatic heterocycles. The van der Waals surface area contributed by atoms with Gasteiger partial charge in [0.2, 0.25) is 0 Å². The molecule has 0 aromatic rings. The van der Waals surface area contributed by atoms with Crippen LogP contribution in [-0.2, 0) is 9.59 Å². The second-order valence-electron chi connectivity index (χ2n) is 3.45. The Kier molecular flexibility index (Phi) is 1.90. The monoisotopic (exact) mass is 198 g/mol. The maximum absolute atomic E-state index is 11.5. The van der Waals surface area contributed by atoms with E-state index in [1.165, 1.54) is 4.90 Å². The number of rotatable bonds is 2. The highest BCUT2D eigenvalue weighted by Crippen LogP contribution is 2.26. The van der Waals surface area contributed by atoms with Gasteiger partial charge >= 0.3 is 12.0 Å². The summed E-state index contributed by atoms with van der Waals surface area (Å²) < 4.78 is 0. The zero-order valence-corrected chi connectivity index (χ0v) is 7.47. The maximum Gasteiger partial charge on any atom is 0.327 e. The van der Waals surface area contributed by atoms with Crippen LogP contribution in [0, 0.1) is 0 Å². The van der Waals surface area contributed by atoms with Gasteiger partial charge in [0.05, 0.1) is 0 Å². The minimum atomic E-state index is -1.16. The van der Waals surface area contributed by atoms with Crippen LogP contribution in [0.25, 0.3) is 0 Å². The Labute approximate surface area is 80.1 Å². The van der Waals surface area contributed by atoms with Gasteiger partial charge in [-0.3, -0.25) is 14.5 Å². The molecule has 1 atom stereocenters. The van der Waals surface area contributed by atoms with Gasteiger partial charge in [-0.05, 0) is 12.8 Å². The largest absolute Gasteiger partial charge is 0.480 e. The van der Waals surface area contributed by atoms with Crippen LogP contribution in [0.1, 0.15) is 12.8 Å². The number of nitrogens with zero attached hydrogens (tertiary/aromatic N) is 2. The van der Waals surface area contributed by atoms with Crippen LogP contribution in [0.4, 0.5) is 4.79 Å². The first-order chi connectivity index (χ1) is 6.61. The van der Waals surface area contributed by atoms with Crippen LogP contribution in [0.2, 0.25) is 0 Å². The molecule has 1 unspecified atom stereocenters. The first-order valence-corrected chi connectivity index (χ1v) is 4.45. The summed E-state index contributed by atoms with van der Waals surface area (Å²) in [5, 5.41) is 8.51. The van der Waals surface area contributed by atoms with Crippen LogP contribution in [0.3, 0.4) is 0 Å². The van der Waals surface area contributed by atoms with E-state index in [2.05, 4.69) is 0 Å². The molecule has 0 aromatic carbocycles. The summed E-state index contributed by atoms with van der Waals surface area (Å²) in [5.74, 6) is -1.53. The van der Waals surface area contributed by atoms with Gasteiger partial charge in [0.15, 0.2) is 0 Å². The van der Waals surface area contributed by atoms with Gasteiger partial charge in [0.25, 0.3) is 5.91 Å². The van der Waals surface area contributed by atoms with Crippen molar-refractivity contribution in [1.29, 1.82) is 0 Å². The number of aliphatic carboxylic acids is 1. The van der Waals surface area contributed by atoms with E-state index in [0.717, 1.165) is 11.3 Å². The van der Waals surface area contributed by atoms with E-state index in [0.29, 0.717) is 13.0 Å². The predicted octanol–water partition coefficient (Wildman–Crippen LogP) is -0.502. The molecule has 2 rings (SSSR count). The van der Waals surface area contributed by atoms with E-state index in [1.54, 1.807) is 0 Å². The molecule has 76 valence electrons. The van der Waals surface area contributed by atoms with Crippen molar-refractivity contribution < 1.29 is 19.5 Å². The lowest BCUT2D eigenvalue weighted by molar-refractivity contribution is -0.141. The fourth-order valence-corrected chi connectivity index (χ4v) is 1.96. The quantitative estimate of drug-likeness (QED) is 0.606. The minimum Gasteiger partial charge on any atom is -0.480 e. The van der Waals surface area contributed by atoms with Gasteiger partial charge in [0, 0.05) is 6.54 Å². The zero-order chi connectivity index (χ0) is 10.3. The number of urea groups is 1. The number of carboxylic acid groups (broad SMARTS) is 1. The first kappa shape index (κ1) is 8.98. The Hall–Kier alpha value is -1.59. The number of hydrogen-bond acceptors (Lipinski definition) is 3. The highest BCUT2D eigenvalue weighted by molar-refractivity contribution is 6.06. The summed E-state index contributed by atoms with van der Waals surface area (Å²) in [6, 6.07) is -0.859. The van der Waals surface area contributed by atoms with Gasteiger partial charge in [-0.25, -0.2) is 4.79 Å². The Morgan fingerprint density at radius 1 is 1.50 bits per heavy atom.